The van der Waals surface area contributed by atoms with Gasteiger partial charge in [0.2, 0.25) is 16.7 Å². The maximum Gasteiger partial charge on any atom is 0.316 e. The van der Waals surface area contributed by atoms with Crippen LogP contribution in [0.25, 0.3) is 43.1 Å². The highest BCUT2D eigenvalue weighted by molar-refractivity contribution is 7.07. The number of anilines is 4. The van der Waals surface area contributed by atoms with Gasteiger partial charge in [-0.3, -0.25) is 24.3 Å². The summed E-state index contributed by atoms with van der Waals surface area (Å²) >= 11 is 25.3. The minimum Gasteiger partial charge on any atom is -0.390 e. The zero-order valence-electron chi connectivity index (χ0n) is 69.3. The Morgan fingerprint density at radius 1 is 0.427 bits per heavy atom. The van der Waals surface area contributed by atoms with Crippen LogP contribution < -0.4 is 44.2 Å². The molecular formula is C86H96Cl4N24O9S. The van der Waals surface area contributed by atoms with Crippen molar-refractivity contribution in [2.45, 2.75) is 79.8 Å². The third-order valence-electron chi connectivity index (χ3n) is 19.1. The summed E-state index contributed by atoms with van der Waals surface area (Å²) in [5, 5.41) is 70.4. The second-order valence-corrected chi connectivity index (χ2v) is 30.1. The number of H-pyrrole nitrogens is 2. The number of fused-ring (bicyclic) bond motifs is 4. The van der Waals surface area contributed by atoms with Gasteiger partial charge in [-0.25, -0.2) is 29.9 Å². The number of nitrogens with one attached hydrogen (secondary N) is 6. The van der Waals surface area contributed by atoms with Crippen molar-refractivity contribution in [3.05, 3.63) is 198 Å². The number of aliphatic hydroxyl groups is 4. The summed E-state index contributed by atoms with van der Waals surface area (Å²) in [6, 6.07) is 23.1. The van der Waals surface area contributed by atoms with Gasteiger partial charge in [-0.15, -0.1) is 0 Å². The van der Waals surface area contributed by atoms with E-state index >= 15 is 0 Å². The fourth-order valence-electron chi connectivity index (χ4n) is 12.1. The number of nitrogen functional groups attached to an aromatic ring is 4. The molecule has 0 aliphatic carbocycles. The van der Waals surface area contributed by atoms with Crippen LogP contribution in [-0.2, 0) is 0 Å². The molecule has 0 fully saturated rings. The number of carbonyl (C=O) groups is 4. The molecule has 12 rings (SSSR count). The van der Waals surface area contributed by atoms with Crippen LogP contribution in [0.15, 0.2) is 114 Å². The largest absolute Gasteiger partial charge is 0.390 e. The molecule has 8 aromatic heterocycles. The Morgan fingerprint density at radius 3 is 1.16 bits per heavy atom. The fourth-order valence-corrected chi connectivity index (χ4v) is 13.3. The summed E-state index contributed by atoms with van der Waals surface area (Å²) in [6.07, 6.45) is 5.41. The first-order chi connectivity index (χ1) is 59.6. The van der Waals surface area contributed by atoms with E-state index < -0.39 is 42.1 Å². The molecule has 0 saturated heterocycles. The number of aromatic nitrogens is 12. The van der Waals surface area contributed by atoms with Gasteiger partial charge in [0.1, 0.15) is 34.7 Å². The number of likely N-dealkylation sites (N-methyl/N-ethyl adjacent to an activating group) is 4. The molecule has 12 aromatic rings. The lowest BCUT2D eigenvalue weighted by Gasteiger charge is -2.21. The lowest BCUT2D eigenvalue weighted by Crippen LogP contribution is -2.40. The number of aliphatic hydroxyl groups excluding tert-OH is 4. The molecule has 0 saturated carbocycles. The second kappa shape index (κ2) is 47.4. The van der Waals surface area contributed by atoms with Crippen LogP contribution in [0.1, 0.15) is 142 Å². The monoisotopic (exact) mass is 1780 g/mol. The minimum atomic E-state index is -0.709. The van der Waals surface area contributed by atoms with E-state index in [2.05, 4.69) is 148 Å². The van der Waals surface area contributed by atoms with Crippen molar-refractivity contribution in [1.29, 1.82) is 0 Å². The number of nitrogens with two attached hydrogens (primary N) is 4. The summed E-state index contributed by atoms with van der Waals surface area (Å²) in [5.74, 6) is 22.6. The van der Waals surface area contributed by atoms with Gasteiger partial charge in [0.25, 0.3) is 17.7 Å². The highest BCUT2D eigenvalue weighted by atomic mass is 35.5. The van der Waals surface area contributed by atoms with Crippen LogP contribution in [0, 0.1) is 47.4 Å². The topological polar surface area (TPSA) is 488 Å². The molecule has 0 aliphatic rings. The lowest BCUT2D eigenvalue weighted by molar-refractivity contribution is 0.0831. The molecule has 0 aliphatic heterocycles. The number of rotatable bonds is 28. The third-order valence-corrected chi connectivity index (χ3v) is 20.7. The predicted octanol–water partition coefficient (Wildman–Crippen LogP) is 7.89. The molecule has 18 N–H and O–H groups in total. The van der Waals surface area contributed by atoms with E-state index in [1.165, 1.54) is 6.20 Å². The molecule has 648 valence electrons. The number of aromatic amines is 2. The average molecular weight is 1780 g/mol. The van der Waals surface area contributed by atoms with Crippen molar-refractivity contribution in [3.63, 3.8) is 0 Å². The van der Waals surface area contributed by atoms with Crippen molar-refractivity contribution in [3.8, 4) is 47.4 Å². The summed E-state index contributed by atoms with van der Waals surface area (Å²) in [7, 11) is 0. The van der Waals surface area contributed by atoms with E-state index in [1.807, 2.05) is 79.7 Å². The standard InChI is InChI=1S/2C22H25ClN6O2.C21H23ClN6O3.C21H23ClN6O2S/c1-3-29(4-2)13-17(30)12-26-22(31)20-10-16(27-28-20)7-8-18-19-9-15(23)6-5-14(19)11-25-21(18)24;1-3-29(4-2)13-17(30)12-27-22(31)21-26-11-16(28-21)7-8-18-19-9-15(23)6-5-14(19)10-25-20(18)24;2*1-3-28(4-2)12-15(29)11-25-20(30)21-26-18(27-31-21)8-7-16-17-9-14(22)6-5-13(17)10-24-19(16)23/h5-6,9-11,17,30H,3-4,12-13H2,1-2H3,(H2,24,25)(H,26,31)(H,27,28);5-6,9-11,17,30H,3-4,12-13H2,1-2H3,(H2,24,25)(H,26,28)(H,27,31);2*5-6,9-10,15,29H,3-4,11-12H2,1-2H3,(H2,23,24)(H,25,30). The molecule has 4 atom stereocenters. The van der Waals surface area contributed by atoms with Crippen LogP contribution >= 0.6 is 57.9 Å². The smallest absolute Gasteiger partial charge is 0.316 e. The Bertz CT molecular complexity index is 5230. The van der Waals surface area contributed by atoms with Crippen LogP contribution in [-0.4, -0.2) is 252 Å². The zero-order chi connectivity index (χ0) is 89.5. The lowest BCUT2D eigenvalue weighted by atomic mass is 10.1. The van der Waals surface area contributed by atoms with Gasteiger partial charge in [0.15, 0.2) is 11.5 Å². The van der Waals surface area contributed by atoms with Gasteiger partial charge in [0.05, 0.1) is 52.9 Å². The van der Waals surface area contributed by atoms with Gasteiger partial charge in [0, 0.05) is 146 Å². The van der Waals surface area contributed by atoms with E-state index in [-0.39, 0.29) is 77.8 Å². The molecule has 124 heavy (non-hydrogen) atoms. The minimum absolute atomic E-state index is 0.0206. The first-order valence-electron chi connectivity index (χ1n) is 39.6. The van der Waals surface area contributed by atoms with Gasteiger partial charge in [-0.1, -0.05) is 150 Å². The summed E-state index contributed by atoms with van der Waals surface area (Å²) in [6.45, 7) is 25.2. The van der Waals surface area contributed by atoms with Crippen LogP contribution in [0.2, 0.25) is 20.1 Å². The SMILES string of the molecule is CCN(CC)CC(O)CNC(=O)c1cc(C#Cc2c(N)ncc3ccc(Cl)cc23)[nH]n1.CCN(CC)CC(O)CNC(=O)c1nc(C#Cc2c(N)ncc3ccc(Cl)cc23)no1.CCN(CC)CC(O)CNC(=O)c1nc(C#Cc2c(N)ncc3ccc(Cl)cc23)ns1.CCN(CC)CC(O)CNC(=O)c1ncc(C#Cc2c(N)ncc3ccc(Cl)cc23)[nH]1. The third kappa shape index (κ3) is 27.9. The van der Waals surface area contributed by atoms with Gasteiger partial charge >= 0.3 is 11.8 Å². The van der Waals surface area contributed by atoms with Crippen molar-refractivity contribution < 1.29 is 44.1 Å². The number of carbonyl (C=O) groups excluding carboxylic acids is 4. The molecule has 33 nitrogen and oxygen atoms in total. The zero-order valence-corrected chi connectivity index (χ0v) is 73.2. The number of pyridine rings is 4. The molecule has 4 aromatic carbocycles. The second-order valence-electron chi connectivity index (χ2n) is 27.6. The van der Waals surface area contributed by atoms with E-state index in [0.717, 1.165) is 107 Å². The maximum atomic E-state index is 12.3. The van der Waals surface area contributed by atoms with Crippen LogP contribution in [0.4, 0.5) is 23.3 Å². The molecule has 4 amide bonds. The number of amides is 4. The Hall–Kier alpha value is -12.2. The Labute approximate surface area is 740 Å². The molecular weight excluding hydrogens is 1690 g/mol. The van der Waals surface area contributed by atoms with Gasteiger partial charge in [-0.2, -0.15) is 14.5 Å². The highest BCUT2D eigenvalue weighted by Gasteiger charge is 2.22. The number of benzene rings is 4. The highest BCUT2D eigenvalue weighted by Crippen LogP contribution is 2.29. The fraction of sp³-hybridized carbons (Fsp3) is 0.326. The van der Waals surface area contributed by atoms with Gasteiger partial charge in [-0.05, 0) is 141 Å². The Balaban J connectivity index is 0.000000187. The van der Waals surface area contributed by atoms with Crippen molar-refractivity contribution in [2.24, 2.45) is 0 Å². The Morgan fingerprint density at radius 2 is 0.774 bits per heavy atom. The first-order valence-corrected chi connectivity index (χ1v) is 41.9. The number of halogens is 4. The summed E-state index contributed by atoms with van der Waals surface area (Å²) < 4.78 is 9.09. The average Bonchev–Trinajstić information content (AvgIpc) is 1.40. The maximum absolute atomic E-state index is 12.3. The van der Waals surface area contributed by atoms with E-state index in [0.29, 0.717) is 91.5 Å². The molecule has 0 bridgehead atoms. The number of hydrogen-bond donors (Lipinski definition) is 14. The summed E-state index contributed by atoms with van der Waals surface area (Å²) in [4.78, 5) is 89.2. The molecule has 38 heteroatoms. The van der Waals surface area contributed by atoms with E-state index in [1.54, 1.807) is 79.4 Å². The van der Waals surface area contributed by atoms with Crippen molar-refractivity contribution in [2.75, 3.05) is 128 Å². The molecule has 0 spiro atoms. The normalized spacial score (nSPS) is 11.9. The number of imidazole rings is 1. The number of hydrogen-bond acceptors (Lipinski definition) is 28. The van der Waals surface area contributed by atoms with Crippen LogP contribution in [0.3, 0.4) is 0 Å². The molecule has 4 unspecified atom stereocenters. The molecule has 0 radical (unpaired) electrons. The first kappa shape index (κ1) is 95.6. The van der Waals surface area contributed by atoms with Crippen molar-refractivity contribution in [1.82, 2.24) is 100 Å². The van der Waals surface area contributed by atoms with E-state index in [4.69, 9.17) is 73.9 Å². The van der Waals surface area contributed by atoms with Gasteiger partial charge < -0.3 is 93.7 Å². The number of nitrogens with zero attached hydrogens (tertiary/aromatic N) is 14. The van der Waals surface area contributed by atoms with Crippen LogP contribution in [0.5, 0.6) is 0 Å². The Kier molecular flexibility index (Phi) is 36.6. The predicted molar refractivity (Wildman–Crippen MR) is 484 cm³/mol. The van der Waals surface area contributed by atoms with E-state index in [9.17, 15) is 39.6 Å². The molecule has 8 heterocycles. The summed E-state index contributed by atoms with van der Waals surface area (Å²) in [5.41, 5.74) is 27.2. The van der Waals surface area contributed by atoms with Crippen molar-refractivity contribution >= 4 is 148 Å². The quantitative estimate of drug-likeness (QED) is 0.0207.